The molecule has 2 aromatic carbocycles. The zero-order valence-corrected chi connectivity index (χ0v) is 12.7. The van der Waals surface area contributed by atoms with E-state index in [0.717, 1.165) is 13.0 Å². The number of carbonyl (C=O) groups excluding carboxylic acids is 1. The smallest absolute Gasteiger partial charge is 0.226 e. The highest BCUT2D eigenvalue weighted by Gasteiger charge is 2.15. The van der Waals surface area contributed by atoms with Crippen molar-refractivity contribution in [2.75, 3.05) is 6.54 Å². The van der Waals surface area contributed by atoms with Crippen LogP contribution in [0, 0.1) is 0 Å². The Bertz CT molecular complexity index is 575. The Morgan fingerprint density at radius 2 is 1.36 bits per heavy atom. The van der Waals surface area contributed by atoms with E-state index < -0.39 is 0 Å². The van der Waals surface area contributed by atoms with E-state index in [4.69, 9.17) is 0 Å². The Labute approximate surface area is 132 Å². The molecule has 1 aliphatic heterocycles. The zero-order chi connectivity index (χ0) is 15.6. The first-order chi connectivity index (χ1) is 10.8. The molecule has 0 unspecified atom stereocenters. The third-order valence-corrected chi connectivity index (χ3v) is 3.40. The lowest BCUT2D eigenvalue weighted by Gasteiger charge is -2.05. The summed E-state index contributed by atoms with van der Waals surface area (Å²) in [4.78, 5) is 12.3. The van der Waals surface area contributed by atoms with Crippen LogP contribution in [-0.4, -0.2) is 17.4 Å². The number of carbonyl (C=O) groups is 1. The minimum absolute atomic E-state index is 0.208. The van der Waals surface area contributed by atoms with Crippen LogP contribution in [0.5, 0.6) is 0 Å². The molecule has 0 saturated carbocycles. The summed E-state index contributed by atoms with van der Waals surface area (Å²) in [7, 11) is 0. The molecule has 1 saturated heterocycles. The summed E-state index contributed by atoms with van der Waals surface area (Å²) in [5, 5.41) is 0. The molecule has 22 heavy (non-hydrogen) atoms. The normalized spacial score (nSPS) is 13.8. The molecule has 0 radical (unpaired) electrons. The number of nitrogens with zero attached hydrogens (tertiary/aromatic N) is 1. The molecule has 1 aliphatic rings. The topological polar surface area (TPSA) is 20.3 Å². The minimum atomic E-state index is 0.208. The number of benzene rings is 2. The van der Waals surface area contributed by atoms with Crippen LogP contribution in [-0.2, 0) is 4.79 Å². The second-order valence-electron chi connectivity index (χ2n) is 5.03. The van der Waals surface area contributed by atoms with Gasteiger partial charge in [-0.1, -0.05) is 79.4 Å². The first kappa shape index (κ1) is 15.8. The van der Waals surface area contributed by atoms with Gasteiger partial charge in [0.05, 0.1) is 0 Å². The Hall–Kier alpha value is -2.61. The van der Waals surface area contributed by atoms with Crippen LogP contribution in [0.15, 0.2) is 73.4 Å². The minimum Gasteiger partial charge on any atom is -0.320 e. The molecule has 1 fully saturated rings. The van der Waals surface area contributed by atoms with E-state index in [0.29, 0.717) is 6.42 Å². The molecule has 0 aliphatic carbocycles. The van der Waals surface area contributed by atoms with Gasteiger partial charge in [-0.25, -0.2) is 0 Å². The number of rotatable bonds is 3. The largest absolute Gasteiger partial charge is 0.320 e. The lowest BCUT2D eigenvalue weighted by Crippen LogP contribution is -2.16. The number of amides is 1. The van der Waals surface area contributed by atoms with E-state index in [9.17, 15) is 4.79 Å². The summed E-state index contributed by atoms with van der Waals surface area (Å²) in [6.07, 6.45) is 7.52. The second-order valence-corrected chi connectivity index (χ2v) is 5.03. The molecule has 0 N–H and O–H groups in total. The standard InChI is InChI=1S/C14H12.C6H9NO/c1-3-7-13(8-4-1)11-12-14-9-5-2-6-10-14;1-2-7-5-3-4-6(7)8/h1-12H;2H,1,3-5H2. The molecule has 2 aromatic rings. The van der Waals surface area contributed by atoms with Crippen LogP contribution in [0.3, 0.4) is 0 Å². The summed E-state index contributed by atoms with van der Waals surface area (Å²) < 4.78 is 0. The van der Waals surface area contributed by atoms with Crippen molar-refractivity contribution in [1.29, 1.82) is 0 Å². The van der Waals surface area contributed by atoms with Crippen LogP contribution in [0.1, 0.15) is 24.0 Å². The van der Waals surface area contributed by atoms with Gasteiger partial charge in [-0.15, -0.1) is 0 Å². The fraction of sp³-hybridized carbons (Fsp3) is 0.150. The number of hydrogen-bond donors (Lipinski definition) is 0. The highest BCUT2D eigenvalue weighted by molar-refractivity contribution is 5.78. The molecule has 0 spiro atoms. The molecule has 1 heterocycles. The molecule has 2 heteroatoms. The molecule has 3 rings (SSSR count). The van der Waals surface area contributed by atoms with Crippen molar-refractivity contribution >= 4 is 18.1 Å². The van der Waals surface area contributed by atoms with E-state index in [1.54, 1.807) is 11.1 Å². The van der Waals surface area contributed by atoms with Crippen molar-refractivity contribution in [3.8, 4) is 0 Å². The summed E-state index contributed by atoms with van der Waals surface area (Å²) in [6.45, 7) is 4.36. The fourth-order valence-corrected chi connectivity index (χ4v) is 2.18. The molecule has 0 atom stereocenters. The van der Waals surface area contributed by atoms with Crippen molar-refractivity contribution in [2.24, 2.45) is 0 Å². The SMILES string of the molecule is C(=Cc1ccccc1)c1ccccc1.C=CN1CCCC1=O. The van der Waals surface area contributed by atoms with Crippen molar-refractivity contribution in [2.45, 2.75) is 12.8 Å². The third-order valence-electron chi connectivity index (χ3n) is 3.40. The predicted molar refractivity (Wildman–Crippen MR) is 93.0 cm³/mol. The van der Waals surface area contributed by atoms with E-state index in [2.05, 4.69) is 43.0 Å². The maximum absolute atomic E-state index is 10.7. The highest BCUT2D eigenvalue weighted by atomic mass is 16.2. The summed E-state index contributed by atoms with van der Waals surface area (Å²) in [5.74, 6) is 0.208. The van der Waals surface area contributed by atoms with E-state index in [1.165, 1.54) is 11.1 Å². The van der Waals surface area contributed by atoms with Crippen LogP contribution >= 0.6 is 0 Å². The molecule has 2 nitrogen and oxygen atoms in total. The molecule has 1 amide bonds. The van der Waals surface area contributed by atoms with Crippen molar-refractivity contribution in [1.82, 2.24) is 4.90 Å². The number of likely N-dealkylation sites (tertiary alicyclic amines) is 1. The van der Waals surface area contributed by atoms with Gasteiger partial charge >= 0.3 is 0 Å². The highest BCUT2D eigenvalue weighted by Crippen LogP contribution is 2.08. The maximum Gasteiger partial charge on any atom is 0.226 e. The second kappa shape index (κ2) is 8.63. The Kier molecular flexibility index (Phi) is 6.18. The lowest BCUT2D eigenvalue weighted by molar-refractivity contribution is -0.125. The predicted octanol–water partition coefficient (Wildman–Crippen LogP) is 4.61. The van der Waals surface area contributed by atoms with Crippen LogP contribution in [0.2, 0.25) is 0 Å². The van der Waals surface area contributed by atoms with E-state index in [1.807, 2.05) is 36.4 Å². The lowest BCUT2D eigenvalue weighted by atomic mass is 10.1. The molecule has 0 aromatic heterocycles. The quantitative estimate of drug-likeness (QED) is 0.756. The summed E-state index contributed by atoms with van der Waals surface area (Å²) in [6, 6.07) is 20.6. The van der Waals surface area contributed by atoms with Crippen molar-refractivity contribution < 1.29 is 4.79 Å². The number of hydrogen-bond acceptors (Lipinski definition) is 1. The first-order valence-corrected chi connectivity index (χ1v) is 7.50. The average molecular weight is 291 g/mol. The van der Waals surface area contributed by atoms with Gasteiger partial charge < -0.3 is 4.90 Å². The maximum atomic E-state index is 10.7. The van der Waals surface area contributed by atoms with E-state index in [-0.39, 0.29) is 5.91 Å². The van der Waals surface area contributed by atoms with Gasteiger partial charge in [0, 0.05) is 13.0 Å². The summed E-state index contributed by atoms with van der Waals surface area (Å²) in [5.41, 5.74) is 2.47. The van der Waals surface area contributed by atoms with Gasteiger partial charge in [0.1, 0.15) is 0 Å². The van der Waals surface area contributed by atoms with Gasteiger partial charge in [-0.2, -0.15) is 0 Å². The van der Waals surface area contributed by atoms with Crippen LogP contribution in [0.25, 0.3) is 12.2 Å². The molecule has 112 valence electrons. The van der Waals surface area contributed by atoms with Crippen LogP contribution in [0.4, 0.5) is 0 Å². The van der Waals surface area contributed by atoms with Gasteiger partial charge in [-0.05, 0) is 23.7 Å². The zero-order valence-electron chi connectivity index (χ0n) is 12.7. The Balaban J connectivity index is 0.000000188. The monoisotopic (exact) mass is 291 g/mol. The third kappa shape index (κ3) is 5.06. The van der Waals surface area contributed by atoms with E-state index >= 15 is 0 Å². The van der Waals surface area contributed by atoms with Gasteiger partial charge in [0.2, 0.25) is 5.91 Å². The Morgan fingerprint density at radius 3 is 1.68 bits per heavy atom. The van der Waals surface area contributed by atoms with Crippen LogP contribution < -0.4 is 0 Å². The summed E-state index contributed by atoms with van der Waals surface area (Å²) >= 11 is 0. The molecular weight excluding hydrogens is 270 g/mol. The fourth-order valence-electron chi connectivity index (χ4n) is 2.18. The average Bonchev–Trinajstić information content (AvgIpc) is 3.01. The molecular formula is C20H21NO. The van der Waals surface area contributed by atoms with Crippen molar-refractivity contribution in [3.63, 3.8) is 0 Å². The van der Waals surface area contributed by atoms with Gasteiger partial charge in [-0.3, -0.25) is 4.79 Å². The first-order valence-electron chi connectivity index (χ1n) is 7.50. The van der Waals surface area contributed by atoms with Crippen molar-refractivity contribution in [3.05, 3.63) is 84.6 Å². The van der Waals surface area contributed by atoms with Gasteiger partial charge in [0.25, 0.3) is 0 Å². The Morgan fingerprint density at radius 1 is 0.864 bits per heavy atom. The molecule has 0 bridgehead atoms. The van der Waals surface area contributed by atoms with Gasteiger partial charge in [0.15, 0.2) is 0 Å².